The summed E-state index contributed by atoms with van der Waals surface area (Å²) in [6, 6.07) is 14.6. The molecule has 1 aromatic heterocycles. The number of nitrogens with zero attached hydrogens (tertiary/aromatic N) is 2. The van der Waals surface area contributed by atoms with Crippen LogP contribution in [0.25, 0.3) is 0 Å². The van der Waals surface area contributed by atoms with Gasteiger partial charge in [-0.05, 0) is 0 Å². The number of benzene rings is 1. The number of hydrogen-bond acceptors (Lipinski definition) is 2. The summed E-state index contributed by atoms with van der Waals surface area (Å²) in [5.74, 6) is 0.0558. The fraction of sp³-hybridized carbons (Fsp3) is 0.0714. The first-order valence-electron chi connectivity index (χ1n) is 5.27. The number of rotatable bonds is 3. The number of carbonyl (C=O) groups excluding carboxylic acids is 1. The van der Waals surface area contributed by atoms with E-state index in [1.165, 1.54) is 0 Å². The zero-order valence-electron chi connectivity index (χ0n) is 9.21. The van der Waals surface area contributed by atoms with Crippen LogP contribution in [-0.2, 0) is 6.54 Å². The van der Waals surface area contributed by atoms with E-state index in [0.717, 1.165) is 0 Å². The van der Waals surface area contributed by atoms with E-state index in [4.69, 9.17) is 5.26 Å². The van der Waals surface area contributed by atoms with Gasteiger partial charge in [0.15, 0.2) is 12.4 Å². The van der Waals surface area contributed by atoms with Crippen molar-refractivity contribution in [2.24, 2.45) is 0 Å². The Morgan fingerprint density at radius 1 is 1.12 bits per heavy atom. The van der Waals surface area contributed by atoms with E-state index in [1.807, 2.05) is 24.3 Å². The quantitative estimate of drug-likeness (QED) is 0.587. The Labute approximate surface area is 99.6 Å². The smallest absolute Gasteiger partial charge is 0.227 e. The van der Waals surface area contributed by atoms with Crippen molar-refractivity contribution in [1.82, 2.24) is 0 Å². The van der Waals surface area contributed by atoms with Crippen molar-refractivity contribution in [1.29, 1.82) is 5.26 Å². The third-order valence-electron chi connectivity index (χ3n) is 2.44. The number of ketones is 1. The molecular weight excluding hydrogens is 212 g/mol. The Morgan fingerprint density at radius 3 is 2.35 bits per heavy atom. The van der Waals surface area contributed by atoms with Gasteiger partial charge in [-0.3, -0.25) is 4.79 Å². The summed E-state index contributed by atoms with van der Waals surface area (Å²) < 4.78 is 1.76. The summed E-state index contributed by atoms with van der Waals surface area (Å²) in [6.45, 7) is 0.287. The molecule has 2 aromatic rings. The van der Waals surface area contributed by atoms with E-state index in [-0.39, 0.29) is 12.3 Å². The van der Waals surface area contributed by atoms with Crippen LogP contribution in [0.15, 0.2) is 54.9 Å². The fourth-order valence-corrected chi connectivity index (χ4v) is 1.52. The normalized spacial score (nSPS) is 9.59. The molecule has 0 radical (unpaired) electrons. The molecule has 1 aromatic carbocycles. The minimum Gasteiger partial charge on any atom is -0.287 e. The van der Waals surface area contributed by atoms with Crippen molar-refractivity contribution in [3.8, 4) is 6.07 Å². The maximum atomic E-state index is 11.9. The van der Waals surface area contributed by atoms with E-state index in [1.54, 1.807) is 41.2 Å². The summed E-state index contributed by atoms with van der Waals surface area (Å²) >= 11 is 0. The first-order chi connectivity index (χ1) is 8.29. The molecule has 17 heavy (non-hydrogen) atoms. The highest BCUT2D eigenvalue weighted by molar-refractivity contribution is 5.94. The van der Waals surface area contributed by atoms with Crippen LogP contribution in [0.3, 0.4) is 0 Å². The van der Waals surface area contributed by atoms with Crippen molar-refractivity contribution in [3.63, 3.8) is 0 Å². The molecule has 0 fully saturated rings. The molecule has 0 atom stereocenters. The van der Waals surface area contributed by atoms with Crippen LogP contribution >= 0.6 is 0 Å². The van der Waals surface area contributed by atoms with Crippen LogP contribution in [0, 0.1) is 11.3 Å². The molecule has 3 heteroatoms. The second-order valence-corrected chi connectivity index (χ2v) is 3.66. The van der Waals surface area contributed by atoms with Gasteiger partial charge in [0.2, 0.25) is 12.3 Å². The molecule has 3 nitrogen and oxygen atoms in total. The molecule has 0 spiro atoms. The number of carbonyl (C=O) groups is 1. The molecule has 0 saturated heterocycles. The van der Waals surface area contributed by atoms with E-state index in [0.29, 0.717) is 11.1 Å². The predicted octanol–water partition coefficient (Wildman–Crippen LogP) is 1.73. The van der Waals surface area contributed by atoms with Crippen LogP contribution in [0.2, 0.25) is 0 Å². The second-order valence-electron chi connectivity index (χ2n) is 3.66. The van der Waals surface area contributed by atoms with Crippen LogP contribution in [0.4, 0.5) is 0 Å². The molecule has 1 heterocycles. The first kappa shape index (κ1) is 11.0. The largest absolute Gasteiger partial charge is 0.287 e. The number of Topliss-reactive ketones (excluding diaryl/α,β-unsaturated/α-hetero) is 1. The van der Waals surface area contributed by atoms with E-state index >= 15 is 0 Å². The van der Waals surface area contributed by atoms with E-state index < -0.39 is 0 Å². The number of hydrogen-bond donors (Lipinski definition) is 0. The Kier molecular flexibility index (Phi) is 3.27. The van der Waals surface area contributed by atoms with Crippen molar-refractivity contribution >= 4 is 5.78 Å². The Hall–Kier alpha value is -2.47. The molecule has 82 valence electrons. The van der Waals surface area contributed by atoms with Gasteiger partial charge in [-0.25, -0.2) is 0 Å². The average Bonchev–Trinajstić information content (AvgIpc) is 2.40. The molecule has 0 amide bonds. The molecule has 0 aliphatic heterocycles. The molecule has 0 saturated carbocycles. The van der Waals surface area contributed by atoms with Crippen molar-refractivity contribution in [2.45, 2.75) is 6.54 Å². The summed E-state index contributed by atoms with van der Waals surface area (Å²) in [6.07, 6.45) is 3.47. The highest BCUT2D eigenvalue weighted by Crippen LogP contribution is 2.00. The van der Waals surface area contributed by atoms with Crippen LogP contribution in [0.5, 0.6) is 0 Å². The minimum atomic E-state index is 0.0558. The maximum Gasteiger partial charge on any atom is 0.227 e. The lowest BCUT2D eigenvalue weighted by atomic mass is 10.1. The highest BCUT2D eigenvalue weighted by Gasteiger charge is 2.11. The minimum absolute atomic E-state index is 0.0558. The standard InChI is InChI=1S/C14H11N2O/c15-10-12-6-8-16(9-7-12)11-14(17)13-4-2-1-3-5-13/h1-9H,11H2/q+1. The first-order valence-corrected chi connectivity index (χ1v) is 5.27. The third kappa shape index (κ3) is 2.76. The fourth-order valence-electron chi connectivity index (χ4n) is 1.52. The summed E-state index contributed by atoms with van der Waals surface area (Å²) in [5, 5.41) is 8.66. The Bertz CT molecular complexity index is 553. The van der Waals surface area contributed by atoms with E-state index in [9.17, 15) is 4.79 Å². The highest BCUT2D eigenvalue weighted by atomic mass is 16.1. The van der Waals surface area contributed by atoms with Gasteiger partial charge in [0.1, 0.15) is 0 Å². The summed E-state index contributed by atoms with van der Waals surface area (Å²) in [7, 11) is 0. The monoisotopic (exact) mass is 223 g/mol. The molecular formula is C14H11N2O+. The molecule has 0 aliphatic carbocycles. The third-order valence-corrected chi connectivity index (χ3v) is 2.44. The summed E-state index contributed by atoms with van der Waals surface area (Å²) in [4.78, 5) is 11.9. The number of aromatic nitrogens is 1. The lowest BCUT2D eigenvalue weighted by Gasteiger charge is -1.97. The maximum absolute atomic E-state index is 11.9. The molecule has 2 rings (SSSR count). The number of nitriles is 1. The van der Waals surface area contributed by atoms with Gasteiger partial charge in [0.05, 0.1) is 11.6 Å². The van der Waals surface area contributed by atoms with Crippen molar-refractivity contribution in [2.75, 3.05) is 0 Å². The van der Waals surface area contributed by atoms with E-state index in [2.05, 4.69) is 0 Å². The molecule has 0 N–H and O–H groups in total. The lowest BCUT2D eigenvalue weighted by molar-refractivity contribution is -0.683. The Balaban J connectivity index is 2.11. The van der Waals surface area contributed by atoms with Gasteiger partial charge in [0, 0.05) is 17.7 Å². The number of pyridine rings is 1. The SMILES string of the molecule is N#Cc1cc[n+](CC(=O)c2ccccc2)cc1. The average molecular weight is 223 g/mol. The van der Waals surface area contributed by atoms with Gasteiger partial charge < -0.3 is 0 Å². The van der Waals surface area contributed by atoms with Crippen LogP contribution in [-0.4, -0.2) is 5.78 Å². The zero-order chi connectivity index (χ0) is 12.1. The van der Waals surface area contributed by atoms with Gasteiger partial charge in [-0.1, -0.05) is 30.3 Å². The molecule has 0 bridgehead atoms. The summed E-state index contributed by atoms with van der Waals surface area (Å²) in [5.41, 5.74) is 1.29. The van der Waals surface area contributed by atoms with Crippen molar-refractivity contribution in [3.05, 3.63) is 66.0 Å². The van der Waals surface area contributed by atoms with Gasteiger partial charge >= 0.3 is 0 Å². The lowest BCUT2D eigenvalue weighted by Crippen LogP contribution is -2.37. The second kappa shape index (κ2) is 5.04. The molecule has 0 unspecified atom stereocenters. The van der Waals surface area contributed by atoms with Crippen LogP contribution in [0.1, 0.15) is 15.9 Å². The van der Waals surface area contributed by atoms with Crippen molar-refractivity contribution < 1.29 is 9.36 Å². The zero-order valence-corrected chi connectivity index (χ0v) is 9.21. The van der Waals surface area contributed by atoms with Gasteiger partial charge in [0.25, 0.3) is 0 Å². The van der Waals surface area contributed by atoms with Gasteiger partial charge in [-0.15, -0.1) is 0 Å². The van der Waals surface area contributed by atoms with Gasteiger partial charge in [-0.2, -0.15) is 9.83 Å². The predicted molar refractivity (Wildman–Crippen MR) is 62.1 cm³/mol. The molecule has 0 aliphatic rings. The van der Waals surface area contributed by atoms with Crippen LogP contribution < -0.4 is 4.57 Å². The topological polar surface area (TPSA) is 44.7 Å². The Morgan fingerprint density at radius 2 is 1.76 bits per heavy atom.